The molecule has 9 atom stereocenters. The van der Waals surface area contributed by atoms with Crippen LogP contribution in [0.3, 0.4) is 0 Å². The Morgan fingerprint density at radius 1 is 1.04 bits per heavy atom. The maximum Gasteiger partial charge on any atom is 0.133 e. The number of aliphatic hydroxyl groups excluding tert-OH is 1. The molecule has 4 aliphatic carbocycles. The van der Waals surface area contributed by atoms with Crippen LogP contribution in [-0.4, -0.2) is 29.2 Å². The summed E-state index contributed by atoms with van der Waals surface area (Å²) in [6.07, 6.45) is 9.17. The summed E-state index contributed by atoms with van der Waals surface area (Å²) in [5, 5.41) is 10.7. The van der Waals surface area contributed by atoms with Crippen LogP contribution < -0.4 is 0 Å². The van der Waals surface area contributed by atoms with Crippen molar-refractivity contribution in [2.45, 2.75) is 104 Å². The Morgan fingerprint density at radius 3 is 2.41 bits per heavy atom. The third kappa shape index (κ3) is 3.03. The van der Waals surface area contributed by atoms with E-state index in [0.29, 0.717) is 17.6 Å². The number of ether oxygens (including phenoxy) is 1. The minimum absolute atomic E-state index is 0.00754. The molecule has 1 N–H and O–H groups in total. The maximum absolute atomic E-state index is 12.3. The molecule has 0 radical (unpaired) electrons. The van der Waals surface area contributed by atoms with Crippen LogP contribution in [0.25, 0.3) is 0 Å². The predicted molar refractivity (Wildman–Crippen MR) is 107 cm³/mol. The quantitative estimate of drug-likeness (QED) is 0.754. The minimum Gasteiger partial charge on any atom is -0.390 e. The van der Waals surface area contributed by atoms with Crippen LogP contribution in [0.15, 0.2) is 0 Å². The number of hydrogen-bond donors (Lipinski definition) is 1. The fraction of sp³-hybridized carbons (Fsp3) is 0.958. The van der Waals surface area contributed by atoms with Gasteiger partial charge in [-0.15, -0.1) is 0 Å². The van der Waals surface area contributed by atoms with Crippen molar-refractivity contribution in [2.24, 2.45) is 40.4 Å². The SMILES string of the molecule is CC(=O)[C@H]1CC[C@H]2[C@@H]3CCC4CC(O)C(OC(C)C)C[C@]4(C)[C@H]3CC[C@]12C. The number of hydrogen-bond acceptors (Lipinski definition) is 3. The Balaban J connectivity index is 1.59. The monoisotopic (exact) mass is 376 g/mol. The summed E-state index contributed by atoms with van der Waals surface area (Å²) < 4.78 is 6.16. The van der Waals surface area contributed by atoms with Crippen molar-refractivity contribution >= 4 is 5.78 Å². The number of fused-ring (bicyclic) bond motifs is 5. The van der Waals surface area contributed by atoms with E-state index < -0.39 is 0 Å². The van der Waals surface area contributed by atoms with Crippen LogP contribution in [0.2, 0.25) is 0 Å². The molecule has 4 fully saturated rings. The standard InChI is InChI=1S/C24H40O3/c1-14(2)27-22-13-24(5)16(12-21(22)26)6-7-17-19-9-8-18(15(3)25)23(19,4)11-10-20(17)24/h14,16-22,26H,6-13H2,1-5H3/t16?,17-,18+,19-,20-,21?,22?,23+,24-/m0/s1. The van der Waals surface area contributed by atoms with Crippen molar-refractivity contribution in [3.8, 4) is 0 Å². The molecular formula is C24H40O3. The Morgan fingerprint density at radius 2 is 1.74 bits per heavy atom. The van der Waals surface area contributed by atoms with Crippen molar-refractivity contribution in [1.29, 1.82) is 0 Å². The zero-order valence-electron chi connectivity index (χ0n) is 18.0. The van der Waals surface area contributed by atoms with Crippen LogP contribution in [0.4, 0.5) is 0 Å². The summed E-state index contributed by atoms with van der Waals surface area (Å²) in [6.45, 7) is 10.9. The maximum atomic E-state index is 12.3. The van der Waals surface area contributed by atoms with Crippen molar-refractivity contribution in [2.75, 3.05) is 0 Å². The fourth-order valence-corrected chi connectivity index (χ4v) is 8.41. The topological polar surface area (TPSA) is 46.5 Å². The first-order valence-electron chi connectivity index (χ1n) is 11.5. The molecule has 0 saturated heterocycles. The zero-order chi connectivity index (χ0) is 19.6. The highest BCUT2D eigenvalue weighted by atomic mass is 16.5. The van der Waals surface area contributed by atoms with Crippen molar-refractivity contribution in [3.63, 3.8) is 0 Å². The van der Waals surface area contributed by atoms with Crippen LogP contribution in [0.5, 0.6) is 0 Å². The summed E-state index contributed by atoms with van der Waals surface area (Å²) in [5.74, 6) is 3.58. The van der Waals surface area contributed by atoms with Gasteiger partial charge in [-0.25, -0.2) is 0 Å². The molecule has 3 heteroatoms. The van der Waals surface area contributed by atoms with Gasteiger partial charge in [0.1, 0.15) is 5.78 Å². The molecule has 27 heavy (non-hydrogen) atoms. The van der Waals surface area contributed by atoms with E-state index in [9.17, 15) is 9.90 Å². The van der Waals surface area contributed by atoms with Crippen molar-refractivity contribution in [1.82, 2.24) is 0 Å². The van der Waals surface area contributed by atoms with Crippen LogP contribution in [0.1, 0.15) is 86.0 Å². The van der Waals surface area contributed by atoms with E-state index in [2.05, 4.69) is 27.7 Å². The van der Waals surface area contributed by atoms with Crippen molar-refractivity contribution in [3.05, 3.63) is 0 Å². The molecule has 0 bridgehead atoms. The lowest BCUT2D eigenvalue weighted by Gasteiger charge is -2.61. The highest BCUT2D eigenvalue weighted by molar-refractivity contribution is 5.79. The van der Waals surface area contributed by atoms with Gasteiger partial charge in [0.05, 0.1) is 18.3 Å². The van der Waals surface area contributed by atoms with Crippen LogP contribution in [0, 0.1) is 40.4 Å². The Labute approximate surface area is 165 Å². The highest BCUT2D eigenvalue weighted by Crippen LogP contribution is 2.67. The molecule has 0 amide bonds. The van der Waals surface area contributed by atoms with Gasteiger partial charge in [-0.2, -0.15) is 0 Å². The average molecular weight is 377 g/mol. The van der Waals surface area contributed by atoms with E-state index in [1.165, 1.54) is 32.1 Å². The third-order valence-corrected chi connectivity index (χ3v) is 9.60. The molecular weight excluding hydrogens is 336 g/mol. The summed E-state index contributed by atoms with van der Waals surface area (Å²) >= 11 is 0. The summed E-state index contributed by atoms with van der Waals surface area (Å²) in [5.41, 5.74) is 0.523. The highest BCUT2D eigenvalue weighted by Gasteiger charge is 2.61. The molecule has 0 spiro atoms. The van der Waals surface area contributed by atoms with Gasteiger partial charge in [-0.1, -0.05) is 13.8 Å². The van der Waals surface area contributed by atoms with Crippen molar-refractivity contribution < 1.29 is 14.6 Å². The van der Waals surface area contributed by atoms with Gasteiger partial charge in [0.2, 0.25) is 0 Å². The first kappa shape index (κ1) is 19.9. The molecule has 4 rings (SSSR count). The van der Waals surface area contributed by atoms with E-state index in [0.717, 1.165) is 37.0 Å². The smallest absolute Gasteiger partial charge is 0.133 e. The molecule has 0 heterocycles. The Kier molecular flexibility index (Phi) is 5.03. The summed E-state index contributed by atoms with van der Waals surface area (Å²) in [6, 6.07) is 0. The lowest BCUT2D eigenvalue weighted by Crippen LogP contribution is -2.57. The lowest BCUT2D eigenvalue weighted by molar-refractivity contribution is -0.180. The number of carbonyl (C=O) groups is 1. The second-order valence-corrected chi connectivity index (χ2v) is 11.2. The first-order chi connectivity index (χ1) is 12.7. The van der Waals surface area contributed by atoms with E-state index in [-0.39, 0.29) is 29.1 Å². The number of ketones is 1. The molecule has 0 aromatic carbocycles. The fourth-order valence-electron chi connectivity index (χ4n) is 8.41. The predicted octanol–water partition coefficient (Wildman–Crippen LogP) is 5.00. The normalized spacial score (nSPS) is 52.2. The van der Waals surface area contributed by atoms with E-state index in [4.69, 9.17) is 4.74 Å². The number of rotatable bonds is 3. The van der Waals surface area contributed by atoms with Gasteiger partial charge in [0.15, 0.2) is 0 Å². The lowest BCUT2D eigenvalue weighted by atomic mass is 9.44. The summed E-state index contributed by atoms with van der Waals surface area (Å²) in [4.78, 5) is 12.3. The van der Waals surface area contributed by atoms with Gasteiger partial charge in [-0.3, -0.25) is 4.79 Å². The second kappa shape index (κ2) is 6.83. The second-order valence-electron chi connectivity index (χ2n) is 11.2. The van der Waals surface area contributed by atoms with E-state index >= 15 is 0 Å². The van der Waals surface area contributed by atoms with Gasteiger partial charge >= 0.3 is 0 Å². The number of aliphatic hydroxyl groups is 1. The number of carbonyl (C=O) groups excluding carboxylic acids is 1. The molecule has 0 aliphatic heterocycles. The van der Waals surface area contributed by atoms with Gasteiger partial charge in [0, 0.05) is 5.92 Å². The van der Waals surface area contributed by atoms with Gasteiger partial charge in [0.25, 0.3) is 0 Å². The molecule has 3 unspecified atom stereocenters. The molecule has 4 saturated carbocycles. The van der Waals surface area contributed by atoms with E-state index in [1.54, 1.807) is 0 Å². The zero-order valence-corrected chi connectivity index (χ0v) is 18.0. The van der Waals surface area contributed by atoms with Gasteiger partial charge in [-0.05, 0) is 107 Å². The Hall–Kier alpha value is -0.410. The molecule has 3 nitrogen and oxygen atoms in total. The first-order valence-corrected chi connectivity index (χ1v) is 11.5. The number of Topliss-reactive ketones (excluding diaryl/α,β-unsaturated/α-hetero) is 1. The van der Waals surface area contributed by atoms with Crippen LogP contribution in [-0.2, 0) is 9.53 Å². The van der Waals surface area contributed by atoms with E-state index in [1.807, 2.05) is 6.92 Å². The largest absolute Gasteiger partial charge is 0.390 e. The average Bonchev–Trinajstić information content (AvgIpc) is 2.93. The minimum atomic E-state index is -0.301. The third-order valence-electron chi connectivity index (χ3n) is 9.60. The Bertz CT molecular complexity index is 586. The van der Waals surface area contributed by atoms with Gasteiger partial charge < -0.3 is 9.84 Å². The molecule has 0 aromatic rings. The molecule has 4 aliphatic rings. The van der Waals surface area contributed by atoms with Crippen LogP contribution >= 0.6 is 0 Å². The molecule has 154 valence electrons. The molecule has 0 aromatic heterocycles. The summed E-state index contributed by atoms with van der Waals surface area (Å²) in [7, 11) is 0.